The number of piperazine rings is 1. The number of benzene rings is 1. The smallest absolute Gasteiger partial charge is 0.160 e. The predicted octanol–water partition coefficient (Wildman–Crippen LogP) is 3.03. The first-order valence-corrected chi connectivity index (χ1v) is 10.9. The van der Waals surface area contributed by atoms with E-state index in [0.29, 0.717) is 5.75 Å². The van der Waals surface area contributed by atoms with Crippen molar-refractivity contribution in [2.75, 3.05) is 36.4 Å². The maximum atomic E-state index is 6.10. The number of nitrogens with zero attached hydrogens (tertiary/aromatic N) is 7. The minimum Gasteiger partial charge on any atom is -0.457 e. The molecule has 2 N–H and O–H groups in total. The van der Waals surface area contributed by atoms with Crippen molar-refractivity contribution in [3.63, 3.8) is 0 Å². The zero-order valence-corrected chi connectivity index (χ0v) is 18.1. The topological polar surface area (TPSA) is 96.9 Å². The van der Waals surface area contributed by atoms with E-state index in [2.05, 4.69) is 47.8 Å². The van der Waals surface area contributed by atoms with Crippen LogP contribution in [0.1, 0.15) is 5.56 Å². The Bertz CT molecular complexity index is 1430. The van der Waals surface area contributed by atoms with Crippen LogP contribution in [-0.2, 0) is 0 Å². The highest BCUT2D eigenvalue weighted by Gasteiger charge is 2.18. The molecule has 10 heteroatoms. The van der Waals surface area contributed by atoms with E-state index < -0.39 is 0 Å². The van der Waals surface area contributed by atoms with Gasteiger partial charge in [-0.2, -0.15) is 10.2 Å². The Balaban J connectivity index is 1.27. The number of fused-ring (bicyclic) bond motifs is 2. The Labute approximate surface area is 189 Å². The van der Waals surface area contributed by atoms with Crippen molar-refractivity contribution in [1.29, 1.82) is 0 Å². The zero-order chi connectivity index (χ0) is 22.2. The van der Waals surface area contributed by atoms with Gasteiger partial charge in [-0.3, -0.25) is 0 Å². The molecule has 0 spiro atoms. The van der Waals surface area contributed by atoms with Gasteiger partial charge in [0.1, 0.15) is 29.7 Å². The summed E-state index contributed by atoms with van der Waals surface area (Å²) in [5, 5.41) is 15.4. The first kappa shape index (κ1) is 19.5. The molecule has 166 valence electrons. The standard InChI is InChI=1S/C23H23N9O/c1-16-12-17(2-3-20(16)33-18-4-8-31-21(13-18)25-14-27-31)29-23-22-19(30-10-6-24-7-11-30)5-9-32(22)28-15-26-23/h2-5,8-9,12-15,24H,6-7,10-11H2,1H3,(H,26,28,29). The van der Waals surface area contributed by atoms with Gasteiger partial charge in [0.15, 0.2) is 11.5 Å². The number of rotatable bonds is 5. The third-order valence-corrected chi connectivity index (χ3v) is 5.81. The summed E-state index contributed by atoms with van der Waals surface area (Å²) in [7, 11) is 0. The molecule has 1 aliphatic heterocycles. The average Bonchev–Trinajstić information content (AvgIpc) is 3.49. The lowest BCUT2D eigenvalue weighted by Gasteiger charge is -2.29. The SMILES string of the molecule is Cc1cc(Nc2ncnn3ccc(N4CCNCC4)c23)ccc1Oc1ccn2ncnc2c1. The lowest BCUT2D eigenvalue weighted by Crippen LogP contribution is -2.43. The fraction of sp³-hybridized carbons (Fsp3) is 0.217. The third-order valence-electron chi connectivity index (χ3n) is 5.81. The van der Waals surface area contributed by atoms with Crippen LogP contribution in [0.15, 0.2) is 61.4 Å². The summed E-state index contributed by atoms with van der Waals surface area (Å²) in [6.07, 6.45) is 6.90. The van der Waals surface area contributed by atoms with E-state index in [9.17, 15) is 0 Å². The fourth-order valence-corrected chi connectivity index (χ4v) is 4.16. The maximum absolute atomic E-state index is 6.10. The summed E-state index contributed by atoms with van der Waals surface area (Å²) >= 11 is 0. The average molecular weight is 441 g/mol. The van der Waals surface area contributed by atoms with Gasteiger partial charge in [-0.15, -0.1) is 0 Å². The van der Waals surface area contributed by atoms with E-state index in [1.807, 2.05) is 48.1 Å². The van der Waals surface area contributed by atoms with Crippen LogP contribution in [0.5, 0.6) is 11.5 Å². The number of ether oxygens (including phenoxy) is 1. The van der Waals surface area contributed by atoms with Crippen LogP contribution in [0.3, 0.4) is 0 Å². The number of aryl methyl sites for hydroxylation is 1. The van der Waals surface area contributed by atoms with Gasteiger partial charge in [-0.25, -0.2) is 19.0 Å². The number of aromatic nitrogens is 6. The summed E-state index contributed by atoms with van der Waals surface area (Å²) in [4.78, 5) is 11.1. The van der Waals surface area contributed by atoms with Crippen LogP contribution < -0.4 is 20.3 Å². The van der Waals surface area contributed by atoms with Crippen LogP contribution in [0.25, 0.3) is 11.2 Å². The fourth-order valence-electron chi connectivity index (χ4n) is 4.16. The van der Waals surface area contributed by atoms with Crippen LogP contribution in [0, 0.1) is 6.92 Å². The summed E-state index contributed by atoms with van der Waals surface area (Å²) in [6, 6.07) is 11.8. The number of nitrogens with one attached hydrogen (secondary N) is 2. The molecule has 0 atom stereocenters. The molecule has 6 rings (SSSR count). The quantitative estimate of drug-likeness (QED) is 0.430. The molecule has 4 aromatic heterocycles. The van der Waals surface area contributed by atoms with Crippen molar-refractivity contribution in [1.82, 2.24) is 34.5 Å². The lowest BCUT2D eigenvalue weighted by molar-refractivity contribution is 0.478. The maximum Gasteiger partial charge on any atom is 0.160 e. The second-order valence-corrected chi connectivity index (χ2v) is 7.97. The predicted molar refractivity (Wildman–Crippen MR) is 126 cm³/mol. The van der Waals surface area contributed by atoms with E-state index in [1.165, 1.54) is 6.33 Å². The summed E-state index contributed by atoms with van der Waals surface area (Å²) in [5.74, 6) is 2.26. The Morgan fingerprint density at radius 3 is 2.64 bits per heavy atom. The molecule has 0 bridgehead atoms. The van der Waals surface area contributed by atoms with Gasteiger partial charge in [-0.05, 0) is 42.8 Å². The van der Waals surface area contributed by atoms with Gasteiger partial charge < -0.3 is 20.3 Å². The van der Waals surface area contributed by atoms with Crippen molar-refractivity contribution in [3.05, 3.63) is 67.0 Å². The Kier molecular flexibility index (Phi) is 4.76. The molecule has 0 radical (unpaired) electrons. The van der Waals surface area contributed by atoms with Gasteiger partial charge in [0.2, 0.25) is 0 Å². The molecule has 33 heavy (non-hydrogen) atoms. The van der Waals surface area contributed by atoms with Crippen LogP contribution in [-0.4, -0.2) is 55.4 Å². The molecule has 5 heterocycles. The Hall–Kier alpha value is -4.18. The van der Waals surface area contributed by atoms with Crippen molar-refractivity contribution < 1.29 is 4.74 Å². The van der Waals surface area contributed by atoms with Crippen molar-refractivity contribution in [2.24, 2.45) is 0 Å². The van der Waals surface area contributed by atoms with Gasteiger partial charge in [0.25, 0.3) is 0 Å². The highest BCUT2D eigenvalue weighted by Crippen LogP contribution is 2.32. The lowest BCUT2D eigenvalue weighted by atomic mass is 10.2. The summed E-state index contributed by atoms with van der Waals surface area (Å²) < 4.78 is 9.67. The van der Waals surface area contributed by atoms with E-state index in [4.69, 9.17) is 4.74 Å². The highest BCUT2D eigenvalue weighted by atomic mass is 16.5. The van der Waals surface area contributed by atoms with Gasteiger partial charge in [-0.1, -0.05) is 0 Å². The number of hydrogen-bond donors (Lipinski definition) is 2. The van der Waals surface area contributed by atoms with Crippen LogP contribution in [0.2, 0.25) is 0 Å². The van der Waals surface area contributed by atoms with Crippen LogP contribution >= 0.6 is 0 Å². The Morgan fingerprint density at radius 2 is 1.76 bits per heavy atom. The second kappa shape index (κ2) is 8.06. The van der Waals surface area contributed by atoms with E-state index in [1.54, 1.807) is 10.8 Å². The monoisotopic (exact) mass is 441 g/mol. The number of hydrogen-bond acceptors (Lipinski definition) is 8. The summed E-state index contributed by atoms with van der Waals surface area (Å²) in [6.45, 7) is 5.88. The van der Waals surface area contributed by atoms with E-state index in [0.717, 1.165) is 65.8 Å². The second-order valence-electron chi connectivity index (χ2n) is 7.97. The van der Waals surface area contributed by atoms with Crippen molar-refractivity contribution in [3.8, 4) is 11.5 Å². The minimum atomic E-state index is 0.714. The molecule has 0 unspecified atom stereocenters. The molecule has 5 aromatic rings. The molecule has 1 fully saturated rings. The Morgan fingerprint density at radius 1 is 0.939 bits per heavy atom. The molecule has 0 saturated carbocycles. The largest absolute Gasteiger partial charge is 0.457 e. The van der Waals surface area contributed by atoms with E-state index in [-0.39, 0.29) is 0 Å². The molecular formula is C23H23N9O. The number of anilines is 3. The highest BCUT2D eigenvalue weighted by molar-refractivity contribution is 5.86. The van der Waals surface area contributed by atoms with E-state index >= 15 is 0 Å². The molecule has 1 saturated heterocycles. The van der Waals surface area contributed by atoms with Gasteiger partial charge in [0, 0.05) is 50.3 Å². The molecule has 1 aliphatic rings. The first-order valence-electron chi connectivity index (χ1n) is 10.9. The molecule has 1 aromatic carbocycles. The normalized spacial score (nSPS) is 14.2. The number of pyridine rings is 1. The third kappa shape index (κ3) is 3.70. The van der Waals surface area contributed by atoms with Crippen LogP contribution in [0.4, 0.5) is 17.2 Å². The first-order chi connectivity index (χ1) is 16.2. The zero-order valence-electron chi connectivity index (χ0n) is 18.1. The van der Waals surface area contributed by atoms with Gasteiger partial charge >= 0.3 is 0 Å². The van der Waals surface area contributed by atoms with Gasteiger partial charge in [0.05, 0.1) is 5.69 Å². The minimum absolute atomic E-state index is 0.714. The molecular weight excluding hydrogens is 418 g/mol. The molecule has 10 nitrogen and oxygen atoms in total. The summed E-state index contributed by atoms with van der Waals surface area (Å²) in [5.41, 5.74) is 4.78. The molecule has 0 aliphatic carbocycles. The molecule has 0 amide bonds. The van der Waals surface area contributed by atoms with Crippen molar-refractivity contribution in [2.45, 2.75) is 6.92 Å². The van der Waals surface area contributed by atoms with Crippen molar-refractivity contribution >= 4 is 28.4 Å².